The van der Waals surface area contributed by atoms with E-state index in [-0.39, 0.29) is 44.3 Å². The van der Waals surface area contributed by atoms with E-state index >= 15 is 0 Å². The van der Waals surface area contributed by atoms with E-state index in [1.165, 1.54) is 4.57 Å². The Morgan fingerprint density at radius 1 is 0.816 bits per heavy atom. The number of hydrogen-bond donors (Lipinski definition) is 2. The fourth-order valence-electron chi connectivity index (χ4n) is 5.62. The van der Waals surface area contributed by atoms with E-state index < -0.39 is 17.9 Å². The first-order valence-corrected chi connectivity index (χ1v) is 17.3. The molecule has 0 saturated heterocycles. The number of nitrogens with zero attached hydrogens (tertiary/aromatic N) is 2. The average Bonchev–Trinajstić information content (AvgIpc) is 3.41. The van der Waals surface area contributed by atoms with Gasteiger partial charge in [0.1, 0.15) is 0 Å². The second kappa shape index (κ2) is 17.2. The highest BCUT2D eigenvalue weighted by atomic mass is 35.5. The van der Waals surface area contributed by atoms with Gasteiger partial charge in [-0.1, -0.05) is 101 Å². The van der Waals surface area contributed by atoms with Gasteiger partial charge in [0.2, 0.25) is 11.8 Å². The summed E-state index contributed by atoms with van der Waals surface area (Å²) in [5.74, 6) is -1.10. The topological polar surface area (TPSA) is 105 Å². The van der Waals surface area contributed by atoms with E-state index in [1.807, 2.05) is 42.5 Å². The van der Waals surface area contributed by atoms with Crippen LogP contribution in [0.5, 0.6) is 0 Å². The van der Waals surface area contributed by atoms with Crippen molar-refractivity contribution in [2.45, 2.75) is 50.8 Å². The molecule has 12 heteroatoms. The van der Waals surface area contributed by atoms with Gasteiger partial charge in [0.15, 0.2) is 5.58 Å². The molecule has 0 saturated carbocycles. The first-order valence-electron chi connectivity index (χ1n) is 15.8. The maximum absolute atomic E-state index is 13.7. The monoisotopic (exact) mass is 741 g/mol. The molecule has 2 amide bonds. The van der Waals surface area contributed by atoms with Crippen LogP contribution in [0.25, 0.3) is 11.1 Å². The van der Waals surface area contributed by atoms with Crippen molar-refractivity contribution in [2.75, 3.05) is 13.1 Å². The van der Waals surface area contributed by atoms with Crippen molar-refractivity contribution in [1.29, 1.82) is 0 Å². The summed E-state index contributed by atoms with van der Waals surface area (Å²) >= 11 is 24.8. The van der Waals surface area contributed by atoms with Crippen LogP contribution in [-0.2, 0) is 35.4 Å². The standard InChI is InChI=1S/C37H35Cl4N3O5/c38-27-13-12-26(29(40)22-27)16-18-43(36(47)15-11-25-10-14-28(39)30(41)20-25)23-33(45)31(21-24-6-2-1-3-7-24)42-35(46)17-19-44-32-8-4-5-9-34(32)49-37(44)48/h1-10,12-14,20,22,31,33,45H,11,15-19,21,23H2,(H,42,46). The Morgan fingerprint density at radius 3 is 2.33 bits per heavy atom. The molecule has 1 heterocycles. The summed E-state index contributed by atoms with van der Waals surface area (Å²) in [5, 5.41) is 16.4. The molecule has 0 aliphatic heterocycles. The number of halogens is 4. The summed E-state index contributed by atoms with van der Waals surface area (Å²) in [6.45, 7) is 0.313. The number of aromatic nitrogens is 1. The molecule has 2 unspecified atom stereocenters. The predicted octanol–water partition coefficient (Wildman–Crippen LogP) is 7.39. The molecule has 2 atom stereocenters. The normalized spacial score (nSPS) is 12.5. The minimum absolute atomic E-state index is 0.0250. The molecule has 2 N–H and O–H groups in total. The minimum Gasteiger partial charge on any atom is -0.408 e. The highest BCUT2D eigenvalue weighted by Crippen LogP contribution is 2.24. The number of rotatable bonds is 15. The SMILES string of the molecule is O=C(CCn1c(=O)oc2ccccc21)NC(Cc1ccccc1)C(O)CN(CCc1ccc(Cl)cc1Cl)C(=O)CCc1ccc(Cl)c(Cl)c1. The molecule has 256 valence electrons. The molecule has 49 heavy (non-hydrogen) atoms. The molecule has 5 aromatic rings. The highest BCUT2D eigenvalue weighted by Gasteiger charge is 2.27. The van der Waals surface area contributed by atoms with Crippen molar-refractivity contribution >= 4 is 69.3 Å². The Balaban J connectivity index is 1.31. The predicted molar refractivity (Wildman–Crippen MR) is 195 cm³/mol. The largest absolute Gasteiger partial charge is 0.419 e. The maximum Gasteiger partial charge on any atom is 0.419 e. The van der Waals surface area contributed by atoms with Crippen molar-refractivity contribution in [2.24, 2.45) is 0 Å². The Bertz CT molecular complexity index is 1960. The summed E-state index contributed by atoms with van der Waals surface area (Å²) in [4.78, 5) is 41.1. The average molecular weight is 744 g/mol. The number of oxazole rings is 1. The molecule has 8 nitrogen and oxygen atoms in total. The summed E-state index contributed by atoms with van der Waals surface area (Å²) in [7, 11) is 0. The quantitative estimate of drug-likeness (QED) is 0.116. The van der Waals surface area contributed by atoms with Gasteiger partial charge in [-0.25, -0.2) is 4.79 Å². The van der Waals surface area contributed by atoms with Gasteiger partial charge >= 0.3 is 5.76 Å². The molecule has 1 aromatic heterocycles. The fraction of sp³-hybridized carbons (Fsp3) is 0.270. The van der Waals surface area contributed by atoms with Crippen LogP contribution >= 0.6 is 46.4 Å². The van der Waals surface area contributed by atoms with Gasteiger partial charge in [0, 0.05) is 42.5 Å². The lowest BCUT2D eigenvalue weighted by molar-refractivity contribution is -0.133. The zero-order valence-corrected chi connectivity index (χ0v) is 29.5. The van der Waals surface area contributed by atoms with Gasteiger partial charge in [0.25, 0.3) is 0 Å². The van der Waals surface area contributed by atoms with Crippen LogP contribution in [0.15, 0.2) is 100 Å². The van der Waals surface area contributed by atoms with Gasteiger partial charge in [-0.15, -0.1) is 0 Å². The summed E-state index contributed by atoms with van der Waals surface area (Å²) < 4.78 is 6.70. The Labute approximate surface area is 304 Å². The van der Waals surface area contributed by atoms with Crippen LogP contribution in [0.1, 0.15) is 29.5 Å². The zero-order valence-electron chi connectivity index (χ0n) is 26.5. The van der Waals surface area contributed by atoms with Crippen molar-refractivity contribution in [3.8, 4) is 0 Å². The van der Waals surface area contributed by atoms with Crippen LogP contribution in [0.4, 0.5) is 0 Å². The summed E-state index contributed by atoms with van der Waals surface area (Å²) in [6, 6.07) is 26.2. The van der Waals surface area contributed by atoms with E-state index in [0.717, 1.165) is 16.7 Å². The van der Waals surface area contributed by atoms with Gasteiger partial charge in [0.05, 0.1) is 27.7 Å². The smallest absolute Gasteiger partial charge is 0.408 e. The van der Waals surface area contributed by atoms with Gasteiger partial charge < -0.3 is 19.7 Å². The number of amides is 2. The number of carbonyl (C=O) groups excluding carboxylic acids is 2. The molecule has 4 aromatic carbocycles. The molecular formula is C37H35Cl4N3O5. The van der Waals surface area contributed by atoms with Gasteiger partial charge in [-0.2, -0.15) is 0 Å². The number of carbonyl (C=O) groups is 2. The number of fused-ring (bicyclic) bond motifs is 1. The van der Waals surface area contributed by atoms with E-state index in [0.29, 0.717) is 50.5 Å². The van der Waals surface area contributed by atoms with E-state index in [1.54, 1.807) is 53.4 Å². The Hall–Kier alpha value is -3.79. The minimum atomic E-state index is -1.13. The second-order valence-corrected chi connectivity index (χ2v) is 13.4. The molecule has 0 aliphatic carbocycles. The number of hydrogen-bond acceptors (Lipinski definition) is 5. The lowest BCUT2D eigenvalue weighted by Gasteiger charge is -2.31. The molecule has 5 rings (SSSR count). The first-order chi connectivity index (χ1) is 23.6. The second-order valence-electron chi connectivity index (χ2n) is 11.7. The number of aliphatic hydroxyl groups excluding tert-OH is 1. The zero-order chi connectivity index (χ0) is 34.9. The molecule has 0 bridgehead atoms. The lowest BCUT2D eigenvalue weighted by atomic mass is 10.00. The van der Waals surface area contributed by atoms with Gasteiger partial charge in [-0.05, 0) is 72.4 Å². The van der Waals surface area contributed by atoms with Gasteiger partial charge in [-0.3, -0.25) is 14.2 Å². The molecule has 0 spiro atoms. The summed E-state index contributed by atoms with van der Waals surface area (Å²) in [5.41, 5.74) is 3.59. The third-order valence-electron chi connectivity index (χ3n) is 8.28. The van der Waals surface area contributed by atoms with Crippen molar-refractivity contribution in [3.63, 3.8) is 0 Å². The van der Waals surface area contributed by atoms with Crippen LogP contribution in [0.3, 0.4) is 0 Å². The van der Waals surface area contributed by atoms with Crippen LogP contribution in [0.2, 0.25) is 20.1 Å². The van der Waals surface area contributed by atoms with Crippen molar-refractivity contribution < 1.29 is 19.1 Å². The van der Waals surface area contributed by atoms with Crippen LogP contribution in [-0.4, -0.2) is 51.6 Å². The van der Waals surface area contributed by atoms with Crippen LogP contribution < -0.4 is 11.1 Å². The van der Waals surface area contributed by atoms with E-state index in [4.69, 9.17) is 50.8 Å². The maximum atomic E-state index is 13.7. The number of aliphatic hydroxyl groups is 1. The number of benzene rings is 4. The van der Waals surface area contributed by atoms with Crippen molar-refractivity contribution in [1.82, 2.24) is 14.8 Å². The van der Waals surface area contributed by atoms with Crippen LogP contribution in [0, 0.1) is 0 Å². The third-order valence-corrected chi connectivity index (χ3v) is 9.61. The van der Waals surface area contributed by atoms with E-state index in [9.17, 15) is 19.5 Å². The molecule has 0 fully saturated rings. The van der Waals surface area contributed by atoms with Crippen molar-refractivity contribution in [3.05, 3.63) is 138 Å². The third kappa shape index (κ3) is 10.1. The number of para-hydroxylation sites is 2. The number of nitrogens with one attached hydrogen (secondary N) is 1. The molecule has 0 radical (unpaired) electrons. The highest BCUT2D eigenvalue weighted by molar-refractivity contribution is 6.42. The molecular weight excluding hydrogens is 708 g/mol. The number of aryl methyl sites for hydroxylation is 2. The molecule has 0 aliphatic rings. The fourth-order valence-corrected chi connectivity index (χ4v) is 6.45. The Morgan fingerprint density at radius 2 is 1.57 bits per heavy atom. The van der Waals surface area contributed by atoms with E-state index in [2.05, 4.69) is 5.32 Å². The first kappa shape index (κ1) is 36.5. The summed E-state index contributed by atoms with van der Waals surface area (Å²) in [6.07, 6.45) is 0.152. The Kier molecular flexibility index (Phi) is 12.8. The lowest BCUT2D eigenvalue weighted by Crippen LogP contribution is -2.51.